The number of carbonyl (C=O) groups excluding carboxylic acids is 2. The van der Waals surface area contributed by atoms with Crippen molar-refractivity contribution < 1.29 is 39.3 Å². The summed E-state index contributed by atoms with van der Waals surface area (Å²) in [6, 6.07) is 0. The summed E-state index contributed by atoms with van der Waals surface area (Å²) in [6.45, 7) is 4.48. The molecule has 0 fully saturated rings. The minimum atomic E-state index is -0.916. The molecule has 37 heavy (non-hydrogen) atoms. The Bertz CT molecular complexity index is 471. The standard InChI is InChI=1S/2C16H30O2.Zn/c2*1-2-3-4-5-6-7-8-9-10-11-12-13-14-15-16(17)18;/h2*7-8H,2-6,9-15H2,1H3,(H,17,18);/q;;+2/p-2/b2*8-7-;. The molecule has 0 aromatic rings. The predicted molar refractivity (Wildman–Crippen MR) is 150 cm³/mol. The van der Waals surface area contributed by atoms with Gasteiger partial charge < -0.3 is 19.8 Å². The molecule has 0 aromatic carbocycles. The number of hydrogen-bond donors (Lipinski definition) is 0. The van der Waals surface area contributed by atoms with Gasteiger partial charge in [-0.25, -0.2) is 0 Å². The van der Waals surface area contributed by atoms with Crippen LogP contribution in [-0.2, 0) is 29.1 Å². The average molecular weight is 572 g/mol. The fourth-order valence-corrected chi connectivity index (χ4v) is 3.97. The molecule has 0 saturated carbocycles. The maximum Gasteiger partial charge on any atom is 2.00 e. The van der Waals surface area contributed by atoms with E-state index in [1.807, 2.05) is 0 Å². The molecule has 0 aromatic heterocycles. The molecule has 0 bridgehead atoms. The number of carboxylic acid groups (broad SMARTS) is 2. The molecule has 0 spiro atoms. The first-order valence-corrected chi connectivity index (χ1v) is 15.2. The van der Waals surface area contributed by atoms with E-state index in [0.29, 0.717) is 0 Å². The van der Waals surface area contributed by atoms with Crippen LogP contribution < -0.4 is 10.2 Å². The molecule has 4 nitrogen and oxygen atoms in total. The van der Waals surface area contributed by atoms with Crippen LogP contribution in [0.15, 0.2) is 24.3 Å². The van der Waals surface area contributed by atoms with Gasteiger partial charge in [0.1, 0.15) is 0 Å². The average Bonchev–Trinajstić information content (AvgIpc) is 2.85. The molecule has 0 amide bonds. The molecule has 0 unspecified atom stereocenters. The van der Waals surface area contributed by atoms with Gasteiger partial charge in [0.2, 0.25) is 0 Å². The Hall–Kier alpha value is -0.957. The largest absolute Gasteiger partial charge is 2.00 e. The van der Waals surface area contributed by atoms with Gasteiger partial charge in [0.05, 0.1) is 0 Å². The van der Waals surface area contributed by atoms with Crippen LogP contribution in [0.25, 0.3) is 0 Å². The van der Waals surface area contributed by atoms with Gasteiger partial charge in [0.15, 0.2) is 0 Å². The molecule has 0 heterocycles. The van der Waals surface area contributed by atoms with Gasteiger partial charge in [-0.15, -0.1) is 0 Å². The smallest absolute Gasteiger partial charge is 0.550 e. The number of allylic oxidation sites excluding steroid dienone is 4. The number of hydrogen-bond acceptors (Lipinski definition) is 4. The van der Waals surface area contributed by atoms with Crippen molar-refractivity contribution in [2.45, 2.75) is 168 Å². The minimum absolute atomic E-state index is 0. The Morgan fingerprint density at radius 3 is 0.946 bits per heavy atom. The van der Waals surface area contributed by atoms with Crippen molar-refractivity contribution in [1.29, 1.82) is 0 Å². The molecule has 0 aliphatic heterocycles. The number of carboxylic acids is 2. The van der Waals surface area contributed by atoms with Crippen LogP contribution >= 0.6 is 0 Å². The van der Waals surface area contributed by atoms with Gasteiger partial charge in [0, 0.05) is 11.9 Å². The number of rotatable bonds is 26. The summed E-state index contributed by atoms with van der Waals surface area (Å²) < 4.78 is 0. The van der Waals surface area contributed by atoms with Gasteiger partial charge >= 0.3 is 19.5 Å². The zero-order valence-electron chi connectivity index (χ0n) is 24.6. The first kappa shape index (κ1) is 40.5. The Morgan fingerprint density at radius 2 is 0.676 bits per heavy atom. The molecule has 0 aliphatic rings. The van der Waals surface area contributed by atoms with E-state index in [9.17, 15) is 19.8 Å². The SMILES string of the molecule is CCCCCC/C=C\CCCCCCCC(=O)[O-].CCCCCC/C=C\CCCCCCCC(=O)[O-].[Zn+2]. The van der Waals surface area contributed by atoms with E-state index >= 15 is 0 Å². The van der Waals surface area contributed by atoms with Crippen molar-refractivity contribution in [2.75, 3.05) is 0 Å². The van der Waals surface area contributed by atoms with Crippen molar-refractivity contribution in [3.8, 4) is 0 Å². The summed E-state index contributed by atoms with van der Waals surface area (Å²) in [5.41, 5.74) is 0. The number of carbonyl (C=O) groups is 2. The first-order chi connectivity index (χ1) is 17.5. The van der Waals surface area contributed by atoms with E-state index in [1.54, 1.807) is 0 Å². The molecule has 212 valence electrons. The topological polar surface area (TPSA) is 80.3 Å². The van der Waals surface area contributed by atoms with Crippen LogP contribution in [0.2, 0.25) is 0 Å². The second-order valence-electron chi connectivity index (χ2n) is 10.00. The number of unbranched alkanes of at least 4 members (excludes halogenated alkanes) is 18. The van der Waals surface area contributed by atoms with Crippen molar-refractivity contribution in [3.05, 3.63) is 24.3 Å². The van der Waals surface area contributed by atoms with Gasteiger partial charge in [-0.05, 0) is 77.0 Å². The Balaban J connectivity index is -0.000000608. The summed E-state index contributed by atoms with van der Waals surface area (Å²) in [4.78, 5) is 20.4. The zero-order chi connectivity index (χ0) is 27.0. The van der Waals surface area contributed by atoms with Gasteiger partial charge in [-0.3, -0.25) is 0 Å². The molecule has 5 heteroatoms. The minimum Gasteiger partial charge on any atom is -0.550 e. The van der Waals surface area contributed by atoms with E-state index < -0.39 is 11.9 Å². The molecule has 0 atom stereocenters. The summed E-state index contributed by atoms with van der Waals surface area (Å²) in [7, 11) is 0. The fourth-order valence-electron chi connectivity index (χ4n) is 3.97. The van der Waals surface area contributed by atoms with Gasteiger partial charge in [0.25, 0.3) is 0 Å². The molecule has 0 N–H and O–H groups in total. The molecular formula is C32H58O4Zn. The van der Waals surface area contributed by atoms with Gasteiger partial charge in [-0.1, -0.05) is 115 Å². The summed E-state index contributed by atoms with van der Waals surface area (Å²) in [6.07, 6.45) is 36.0. The fraction of sp³-hybridized carbons (Fsp3) is 0.812. The van der Waals surface area contributed by atoms with Crippen molar-refractivity contribution in [3.63, 3.8) is 0 Å². The van der Waals surface area contributed by atoms with Crippen LogP contribution in [-0.4, -0.2) is 11.9 Å². The Kier molecular flexibility index (Phi) is 40.8. The second-order valence-corrected chi connectivity index (χ2v) is 10.00. The quantitative estimate of drug-likeness (QED) is 0.0598. The van der Waals surface area contributed by atoms with E-state index in [0.717, 1.165) is 38.5 Å². The monoisotopic (exact) mass is 570 g/mol. The van der Waals surface area contributed by atoms with E-state index in [1.165, 1.54) is 103 Å². The summed E-state index contributed by atoms with van der Waals surface area (Å²) in [5.74, 6) is -1.83. The van der Waals surface area contributed by atoms with Crippen LogP contribution in [0.4, 0.5) is 0 Å². The molecule has 0 rings (SSSR count). The molecule has 0 aliphatic carbocycles. The van der Waals surface area contributed by atoms with Crippen molar-refractivity contribution in [1.82, 2.24) is 0 Å². The Labute approximate surface area is 242 Å². The zero-order valence-corrected chi connectivity index (χ0v) is 27.6. The molecule has 0 radical (unpaired) electrons. The van der Waals surface area contributed by atoms with Crippen molar-refractivity contribution in [2.24, 2.45) is 0 Å². The van der Waals surface area contributed by atoms with Crippen LogP contribution in [0.1, 0.15) is 168 Å². The summed E-state index contributed by atoms with van der Waals surface area (Å²) >= 11 is 0. The third-order valence-electron chi connectivity index (χ3n) is 6.29. The summed E-state index contributed by atoms with van der Waals surface area (Å²) in [5, 5.41) is 20.4. The maximum atomic E-state index is 10.2. The molecule has 0 saturated heterocycles. The second kappa shape index (κ2) is 37.2. The van der Waals surface area contributed by atoms with Crippen LogP contribution in [0, 0.1) is 0 Å². The van der Waals surface area contributed by atoms with Gasteiger partial charge in [-0.2, -0.15) is 0 Å². The molecular weight excluding hydrogens is 514 g/mol. The van der Waals surface area contributed by atoms with E-state index in [2.05, 4.69) is 38.2 Å². The van der Waals surface area contributed by atoms with E-state index in [4.69, 9.17) is 0 Å². The predicted octanol–water partition coefficient (Wildman–Crippen LogP) is 7.98. The first-order valence-electron chi connectivity index (χ1n) is 15.2. The number of aliphatic carboxylic acids is 2. The third kappa shape index (κ3) is 45.4. The van der Waals surface area contributed by atoms with Crippen LogP contribution in [0.5, 0.6) is 0 Å². The van der Waals surface area contributed by atoms with Crippen molar-refractivity contribution >= 4 is 11.9 Å². The third-order valence-corrected chi connectivity index (χ3v) is 6.29. The Morgan fingerprint density at radius 1 is 0.432 bits per heavy atom. The van der Waals surface area contributed by atoms with Crippen LogP contribution in [0.3, 0.4) is 0 Å². The maximum absolute atomic E-state index is 10.2. The van der Waals surface area contributed by atoms with E-state index in [-0.39, 0.29) is 32.3 Å². The normalized spacial score (nSPS) is 10.9.